The number of fused-ring (bicyclic) bond motifs is 1. The van der Waals surface area contributed by atoms with Crippen LogP contribution in [0.4, 0.5) is 0 Å². The van der Waals surface area contributed by atoms with Gasteiger partial charge in [-0.2, -0.15) is 0 Å². The van der Waals surface area contributed by atoms with Crippen molar-refractivity contribution in [3.63, 3.8) is 0 Å². The van der Waals surface area contributed by atoms with Crippen molar-refractivity contribution in [3.05, 3.63) is 29.6 Å². The van der Waals surface area contributed by atoms with Crippen molar-refractivity contribution in [2.45, 2.75) is 13.0 Å². The highest BCUT2D eigenvalue weighted by atomic mass is 35.5. The number of hydrogen-bond acceptors (Lipinski definition) is 3. The van der Waals surface area contributed by atoms with Crippen molar-refractivity contribution in [2.75, 3.05) is 13.1 Å². The monoisotopic (exact) mass is 289 g/mol. The van der Waals surface area contributed by atoms with Crippen LogP contribution in [0.25, 0.3) is 0 Å². The molecule has 0 aromatic carbocycles. The number of halogens is 2. The lowest BCUT2D eigenvalue weighted by molar-refractivity contribution is 0.0941. The number of pyridine rings is 1. The van der Waals surface area contributed by atoms with E-state index in [0.717, 1.165) is 18.8 Å². The summed E-state index contributed by atoms with van der Waals surface area (Å²) in [5.74, 6) is 1.26. The maximum absolute atomic E-state index is 11.9. The molecule has 1 aromatic rings. The third-order valence-electron chi connectivity index (χ3n) is 3.51. The van der Waals surface area contributed by atoms with Crippen molar-refractivity contribution in [1.82, 2.24) is 15.6 Å². The second-order valence-corrected chi connectivity index (χ2v) is 4.65. The van der Waals surface area contributed by atoms with E-state index in [-0.39, 0.29) is 30.7 Å². The van der Waals surface area contributed by atoms with Gasteiger partial charge in [0.05, 0.1) is 0 Å². The Kier molecular flexibility index (Phi) is 4.96. The van der Waals surface area contributed by atoms with Crippen molar-refractivity contribution >= 4 is 30.7 Å². The van der Waals surface area contributed by atoms with Crippen LogP contribution in [-0.2, 0) is 0 Å². The van der Waals surface area contributed by atoms with E-state index in [4.69, 9.17) is 0 Å². The highest BCUT2D eigenvalue weighted by molar-refractivity contribution is 5.92. The van der Waals surface area contributed by atoms with Crippen LogP contribution in [0.2, 0.25) is 0 Å². The lowest BCUT2D eigenvalue weighted by Gasteiger charge is -2.07. The predicted octanol–water partition coefficient (Wildman–Crippen LogP) is 1.18. The van der Waals surface area contributed by atoms with Crippen LogP contribution in [0.15, 0.2) is 18.2 Å². The first-order valence-corrected chi connectivity index (χ1v) is 5.71. The molecule has 1 saturated heterocycles. The van der Waals surface area contributed by atoms with Gasteiger partial charge in [-0.25, -0.2) is 4.98 Å². The van der Waals surface area contributed by atoms with Gasteiger partial charge in [0, 0.05) is 24.8 Å². The minimum Gasteiger partial charge on any atom is -0.347 e. The minimum absolute atomic E-state index is 0. The van der Waals surface area contributed by atoms with E-state index in [1.807, 2.05) is 19.1 Å². The van der Waals surface area contributed by atoms with E-state index < -0.39 is 0 Å². The Morgan fingerprint density at radius 2 is 2.00 bits per heavy atom. The molecule has 100 valence electrons. The molecule has 0 bridgehead atoms. The molecule has 2 aliphatic rings. The van der Waals surface area contributed by atoms with Crippen LogP contribution in [0.1, 0.15) is 16.2 Å². The van der Waals surface area contributed by atoms with Crippen LogP contribution in [0, 0.1) is 18.8 Å². The summed E-state index contributed by atoms with van der Waals surface area (Å²) in [5.41, 5.74) is 1.41. The lowest BCUT2D eigenvalue weighted by Crippen LogP contribution is -2.33. The van der Waals surface area contributed by atoms with E-state index in [1.165, 1.54) is 0 Å². The molecular weight excluding hydrogens is 273 g/mol. The highest BCUT2D eigenvalue weighted by Gasteiger charge is 2.53. The van der Waals surface area contributed by atoms with E-state index in [2.05, 4.69) is 15.6 Å². The van der Waals surface area contributed by atoms with Gasteiger partial charge in [0.2, 0.25) is 0 Å². The Morgan fingerprint density at radius 1 is 1.33 bits per heavy atom. The molecule has 2 atom stereocenters. The maximum Gasteiger partial charge on any atom is 0.270 e. The summed E-state index contributed by atoms with van der Waals surface area (Å²) in [6.07, 6.45) is 0. The largest absolute Gasteiger partial charge is 0.347 e. The Bertz CT molecular complexity index is 431. The number of carbonyl (C=O) groups is 1. The number of amides is 1. The lowest BCUT2D eigenvalue weighted by atomic mass is 10.3. The minimum atomic E-state index is -0.0388. The van der Waals surface area contributed by atoms with Gasteiger partial charge in [-0.1, -0.05) is 6.07 Å². The normalized spacial score (nSPS) is 27.5. The third-order valence-corrected chi connectivity index (χ3v) is 3.51. The maximum atomic E-state index is 11.9. The molecule has 2 unspecified atom stereocenters. The highest BCUT2D eigenvalue weighted by Crippen LogP contribution is 2.41. The molecule has 1 aromatic heterocycles. The van der Waals surface area contributed by atoms with E-state index in [9.17, 15) is 4.79 Å². The number of nitrogens with zero attached hydrogens (tertiary/aromatic N) is 1. The number of nitrogens with one attached hydrogen (secondary N) is 2. The molecule has 0 spiro atoms. The number of piperidine rings is 1. The van der Waals surface area contributed by atoms with Crippen molar-refractivity contribution in [1.29, 1.82) is 0 Å². The smallest absolute Gasteiger partial charge is 0.270 e. The van der Waals surface area contributed by atoms with Crippen molar-refractivity contribution in [2.24, 2.45) is 11.8 Å². The second-order valence-electron chi connectivity index (χ2n) is 4.65. The van der Waals surface area contributed by atoms with E-state index in [1.54, 1.807) is 6.07 Å². The van der Waals surface area contributed by atoms with Gasteiger partial charge in [0.25, 0.3) is 5.91 Å². The summed E-state index contributed by atoms with van der Waals surface area (Å²) >= 11 is 0. The summed E-state index contributed by atoms with van der Waals surface area (Å²) in [6.45, 7) is 3.97. The second kappa shape index (κ2) is 5.87. The zero-order valence-electron chi connectivity index (χ0n) is 10.1. The van der Waals surface area contributed by atoms with Crippen LogP contribution in [0.5, 0.6) is 0 Å². The van der Waals surface area contributed by atoms with Gasteiger partial charge < -0.3 is 10.6 Å². The zero-order valence-corrected chi connectivity index (χ0v) is 11.7. The first-order valence-electron chi connectivity index (χ1n) is 5.71. The first-order chi connectivity index (χ1) is 7.75. The van der Waals surface area contributed by atoms with Gasteiger partial charge >= 0.3 is 0 Å². The van der Waals surface area contributed by atoms with Crippen LogP contribution >= 0.6 is 24.8 Å². The topological polar surface area (TPSA) is 54.0 Å². The fourth-order valence-corrected chi connectivity index (χ4v) is 2.53. The summed E-state index contributed by atoms with van der Waals surface area (Å²) < 4.78 is 0. The van der Waals surface area contributed by atoms with Gasteiger partial charge in [-0.15, -0.1) is 24.8 Å². The molecule has 0 radical (unpaired) electrons. The average molecular weight is 290 g/mol. The molecule has 1 amide bonds. The van der Waals surface area contributed by atoms with Gasteiger partial charge in [0.15, 0.2) is 0 Å². The fraction of sp³-hybridized carbons (Fsp3) is 0.500. The number of aromatic nitrogens is 1. The molecule has 1 aliphatic carbocycles. The first kappa shape index (κ1) is 15.2. The van der Waals surface area contributed by atoms with Gasteiger partial charge in [-0.05, 0) is 30.9 Å². The number of hydrogen-bond donors (Lipinski definition) is 2. The van der Waals surface area contributed by atoms with Crippen molar-refractivity contribution < 1.29 is 4.79 Å². The molecule has 3 rings (SSSR count). The average Bonchev–Trinajstić information content (AvgIpc) is 2.74. The van der Waals surface area contributed by atoms with E-state index >= 15 is 0 Å². The Balaban J connectivity index is 0.000000810. The summed E-state index contributed by atoms with van der Waals surface area (Å²) in [5, 5.41) is 6.36. The van der Waals surface area contributed by atoms with Gasteiger partial charge in [0.1, 0.15) is 5.69 Å². The molecule has 2 N–H and O–H groups in total. The van der Waals surface area contributed by atoms with Crippen LogP contribution < -0.4 is 10.6 Å². The molecule has 4 nitrogen and oxygen atoms in total. The Labute approximate surface area is 119 Å². The predicted molar refractivity (Wildman–Crippen MR) is 74.6 cm³/mol. The standard InChI is InChI=1S/C12H15N3O.2ClH/c1-7-3-2-4-10(14-7)12(16)15-11-8-5-13-6-9(8)11;;/h2-4,8-9,11,13H,5-6H2,1H3,(H,15,16);2*1H. The van der Waals surface area contributed by atoms with Crippen LogP contribution in [0.3, 0.4) is 0 Å². The quantitative estimate of drug-likeness (QED) is 0.860. The molecule has 6 heteroatoms. The number of carbonyl (C=O) groups excluding carboxylic acids is 1. The number of aryl methyl sites for hydroxylation is 1. The van der Waals surface area contributed by atoms with Crippen molar-refractivity contribution in [3.8, 4) is 0 Å². The van der Waals surface area contributed by atoms with E-state index in [0.29, 0.717) is 23.6 Å². The molecule has 1 saturated carbocycles. The molecule has 18 heavy (non-hydrogen) atoms. The summed E-state index contributed by atoms with van der Waals surface area (Å²) in [4.78, 5) is 16.1. The van der Waals surface area contributed by atoms with Gasteiger partial charge in [-0.3, -0.25) is 4.79 Å². The molecule has 2 fully saturated rings. The third kappa shape index (κ3) is 2.76. The van der Waals surface area contributed by atoms with Crippen LogP contribution in [-0.4, -0.2) is 30.0 Å². The Morgan fingerprint density at radius 3 is 2.61 bits per heavy atom. The Hall–Kier alpha value is -0.840. The number of rotatable bonds is 2. The SMILES string of the molecule is Cc1cccc(C(=O)NC2C3CNCC32)n1.Cl.Cl. The molecular formula is C12H17Cl2N3O. The summed E-state index contributed by atoms with van der Waals surface area (Å²) in [7, 11) is 0. The zero-order chi connectivity index (χ0) is 11.1. The molecule has 1 aliphatic heterocycles. The summed E-state index contributed by atoms with van der Waals surface area (Å²) in [6, 6.07) is 5.90. The molecule has 2 heterocycles. The fourth-order valence-electron chi connectivity index (χ4n) is 2.53.